The number of benzene rings is 1. The molecule has 112 valence electrons. The third-order valence-electron chi connectivity index (χ3n) is 3.40. The summed E-state index contributed by atoms with van der Waals surface area (Å²) in [6.07, 6.45) is 0.891. The third-order valence-corrected chi connectivity index (χ3v) is 3.40. The minimum Gasteiger partial charge on any atom is -0.465 e. The first-order chi connectivity index (χ1) is 9.29. The number of rotatable bonds is 6. The highest BCUT2D eigenvalue weighted by molar-refractivity contribution is 5.90. The van der Waals surface area contributed by atoms with Gasteiger partial charge in [0.25, 0.3) is 0 Å². The summed E-state index contributed by atoms with van der Waals surface area (Å²) in [7, 11) is 3.11. The van der Waals surface area contributed by atoms with Crippen LogP contribution in [0.25, 0.3) is 0 Å². The summed E-state index contributed by atoms with van der Waals surface area (Å²) >= 11 is 0. The molecule has 1 rings (SSSR count). The maximum absolute atomic E-state index is 11.5. The van der Waals surface area contributed by atoms with E-state index in [2.05, 4.69) is 26.1 Å². The maximum atomic E-state index is 11.5. The highest BCUT2D eigenvalue weighted by Crippen LogP contribution is 2.22. The number of aryl methyl sites for hydroxylation is 1. The van der Waals surface area contributed by atoms with Gasteiger partial charge in [0, 0.05) is 18.8 Å². The van der Waals surface area contributed by atoms with E-state index in [0.29, 0.717) is 5.56 Å². The van der Waals surface area contributed by atoms with E-state index in [1.54, 1.807) is 13.2 Å². The van der Waals surface area contributed by atoms with Gasteiger partial charge in [-0.3, -0.25) is 0 Å². The summed E-state index contributed by atoms with van der Waals surface area (Å²) in [6.45, 7) is 8.23. The van der Waals surface area contributed by atoms with Crippen LogP contribution in [0.15, 0.2) is 18.2 Å². The molecule has 1 aromatic rings. The zero-order valence-corrected chi connectivity index (χ0v) is 13.2. The molecule has 4 heteroatoms. The first-order valence-corrected chi connectivity index (χ1v) is 6.79. The van der Waals surface area contributed by atoms with Crippen molar-refractivity contribution >= 4 is 11.7 Å². The highest BCUT2D eigenvalue weighted by atomic mass is 16.5. The Labute approximate surface area is 121 Å². The number of carbonyl (C=O) groups is 1. The molecule has 0 bridgehead atoms. The zero-order chi connectivity index (χ0) is 15.3. The van der Waals surface area contributed by atoms with Crippen molar-refractivity contribution < 1.29 is 14.3 Å². The van der Waals surface area contributed by atoms with Crippen LogP contribution in [0.4, 0.5) is 5.69 Å². The molecule has 0 fully saturated rings. The molecule has 0 radical (unpaired) electrons. The summed E-state index contributed by atoms with van der Waals surface area (Å²) in [4.78, 5) is 11.5. The van der Waals surface area contributed by atoms with E-state index < -0.39 is 0 Å². The number of esters is 1. The Kier molecular flexibility index (Phi) is 5.57. The fraction of sp³-hybridized carbons (Fsp3) is 0.562. The van der Waals surface area contributed by atoms with Gasteiger partial charge in [0.15, 0.2) is 0 Å². The smallest absolute Gasteiger partial charge is 0.337 e. The molecule has 1 unspecified atom stereocenters. The fourth-order valence-electron chi connectivity index (χ4n) is 2.21. The van der Waals surface area contributed by atoms with Crippen molar-refractivity contribution in [3.63, 3.8) is 0 Å². The average Bonchev–Trinajstić information content (AvgIpc) is 2.39. The van der Waals surface area contributed by atoms with Crippen molar-refractivity contribution in [2.75, 3.05) is 19.5 Å². The van der Waals surface area contributed by atoms with Crippen LogP contribution in [-0.4, -0.2) is 31.8 Å². The van der Waals surface area contributed by atoms with Gasteiger partial charge in [-0.05, 0) is 57.9 Å². The van der Waals surface area contributed by atoms with Crippen molar-refractivity contribution in [2.45, 2.75) is 45.8 Å². The van der Waals surface area contributed by atoms with E-state index >= 15 is 0 Å². The topological polar surface area (TPSA) is 47.6 Å². The second-order valence-electron chi connectivity index (χ2n) is 5.73. The van der Waals surface area contributed by atoms with Gasteiger partial charge in [0.1, 0.15) is 0 Å². The quantitative estimate of drug-likeness (QED) is 0.811. The molecule has 0 amide bonds. The summed E-state index contributed by atoms with van der Waals surface area (Å²) in [5.41, 5.74) is 2.46. The first kappa shape index (κ1) is 16.5. The fourth-order valence-corrected chi connectivity index (χ4v) is 2.21. The normalized spacial score (nSPS) is 12.9. The number of hydrogen-bond donors (Lipinski definition) is 1. The van der Waals surface area contributed by atoms with E-state index in [1.165, 1.54) is 7.11 Å². The molecule has 0 aliphatic heterocycles. The summed E-state index contributed by atoms with van der Waals surface area (Å²) in [6, 6.07) is 5.79. The van der Waals surface area contributed by atoms with Gasteiger partial charge in [-0.25, -0.2) is 4.79 Å². The van der Waals surface area contributed by atoms with E-state index in [4.69, 9.17) is 9.47 Å². The van der Waals surface area contributed by atoms with Crippen molar-refractivity contribution in [3.05, 3.63) is 29.3 Å². The molecular formula is C16H25NO3. The molecule has 1 N–H and O–H groups in total. The lowest BCUT2D eigenvalue weighted by atomic mass is 9.99. The number of ether oxygens (including phenoxy) is 2. The van der Waals surface area contributed by atoms with Crippen LogP contribution in [0.2, 0.25) is 0 Å². The Morgan fingerprint density at radius 1 is 1.35 bits per heavy atom. The Balaban J connectivity index is 2.76. The SMILES string of the molecule is COC(=O)c1ccc(NC(C)CC(C)(C)OC)c(C)c1. The van der Waals surface area contributed by atoms with Crippen LogP contribution in [0.3, 0.4) is 0 Å². The van der Waals surface area contributed by atoms with Gasteiger partial charge >= 0.3 is 5.97 Å². The molecule has 1 atom stereocenters. The van der Waals surface area contributed by atoms with Crippen LogP contribution >= 0.6 is 0 Å². The molecule has 1 aromatic carbocycles. The van der Waals surface area contributed by atoms with Crippen LogP contribution in [0.5, 0.6) is 0 Å². The molecule has 0 aliphatic rings. The van der Waals surface area contributed by atoms with Crippen LogP contribution in [0.1, 0.15) is 43.1 Å². The van der Waals surface area contributed by atoms with Crippen LogP contribution in [-0.2, 0) is 9.47 Å². The molecular weight excluding hydrogens is 254 g/mol. The van der Waals surface area contributed by atoms with Gasteiger partial charge in [0.2, 0.25) is 0 Å². The molecule has 0 saturated heterocycles. The monoisotopic (exact) mass is 279 g/mol. The van der Waals surface area contributed by atoms with E-state index in [0.717, 1.165) is 17.7 Å². The predicted molar refractivity (Wildman–Crippen MR) is 81.3 cm³/mol. The Bertz CT molecular complexity index is 469. The van der Waals surface area contributed by atoms with Crippen molar-refractivity contribution in [1.82, 2.24) is 0 Å². The largest absolute Gasteiger partial charge is 0.465 e. The minimum atomic E-state index is -0.312. The predicted octanol–water partition coefficient (Wildman–Crippen LogP) is 3.40. The Hall–Kier alpha value is -1.55. The average molecular weight is 279 g/mol. The van der Waals surface area contributed by atoms with Crippen LogP contribution < -0.4 is 5.32 Å². The van der Waals surface area contributed by atoms with Gasteiger partial charge in [-0.1, -0.05) is 0 Å². The molecule has 0 heterocycles. The Morgan fingerprint density at radius 3 is 2.50 bits per heavy atom. The summed E-state index contributed by atoms with van der Waals surface area (Å²) in [5.74, 6) is -0.312. The molecule has 0 saturated carbocycles. The molecule has 0 spiro atoms. The third kappa shape index (κ3) is 4.53. The van der Waals surface area contributed by atoms with Gasteiger partial charge in [0.05, 0.1) is 18.3 Å². The zero-order valence-electron chi connectivity index (χ0n) is 13.2. The maximum Gasteiger partial charge on any atom is 0.337 e. The van der Waals surface area contributed by atoms with Gasteiger partial charge < -0.3 is 14.8 Å². The molecule has 0 aromatic heterocycles. The highest BCUT2D eigenvalue weighted by Gasteiger charge is 2.20. The van der Waals surface area contributed by atoms with Gasteiger partial charge in [-0.15, -0.1) is 0 Å². The number of nitrogens with one attached hydrogen (secondary N) is 1. The first-order valence-electron chi connectivity index (χ1n) is 6.79. The molecule has 0 aliphatic carbocycles. The van der Waals surface area contributed by atoms with E-state index in [-0.39, 0.29) is 17.6 Å². The lowest BCUT2D eigenvalue weighted by Crippen LogP contribution is -2.31. The standard InChI is InChI=1S/C16H25NO3/c1-11-9-13(15(18)19-5)7-8-14(11)17-12(2)10-16(3,4)20-6/h7-9,12,17H,10H2,1-6H3. The van der Waals surface area contributed by atoms with Crippen molar-refractivity contribution in [3.8, 4) is 0 Å². The van der Waals surface area contributed by atoms with Crippen molar-refractivity contribution in [2.24, 2.45) is 0 Å². The number of anilines is 1. The van der Waals surface area contributed by atoms with E-state index in [9.17, 15) is 4.79 Å². The summed E-state index contributed by atoms with van der Waals surface area (Å²) < 4.78 is 10.2. The Morgan fingerprint density at radius 2 is 2.00 bits per heavy atom. The lowest BCUT2D eigenvalue weighted by Gasteiger charge is -2.28. The number of carbonyl (C=O) groups excluding carboxylic acids is 1. The van der Waals surface area contributed by atoms with Gasteiger partial charge in [-0.2, -0.15) is 0 Å². The minimum absolute atomic E-state index is 0.160. The molecule has 20 heavy (non-hydrogen) atoms. The second-order valence-corrected chi connectivity index (χ2v) is 5.73. The van der Waals surface area contributed by atoms with Crippen molar-refractivity contribution in [1.29, 1.82) is 0 Å². The molecule has 4 nitrogen and oxygen atoms in total. The number of methoxy groups -OCH3 is 2. The second kappa shape index (κ2) is 6.75. The lowest BCUT2D eigenvalue weighted by molar-refractivity contribution is 0.0128. The van der Waals surface area contributed by atoms with Crippen LogP contribution in [0, 0.1) is 6.92 Å². The van der Waals surface area contributed by atoms with E-state index in [1.807, 2.05) is 19.1 Å². The number of hydrogen-bond acceptors (Lipinski definition) is 4. The summed E-state index contributed by atoms with van der Waals surface area (Å²) in [5, 5.41) is 3.45.